The summed E-state index contributed by atoms with van der Waals surface area (Å²) in [6.45, 7) is 4.13. The van der Waals surface area contributed by atoms with Crippen LogP contribution in [0.15, 0.2) is 42.5 Å². The molecule has 0 saturated heterocycles. The van der Waals surface area contributed by atoms with E-state index in [1.54, 1.807) is 13.0 Å². The second-order valence-corrected chi connectivity index (χ2v) is 7.50. The zero-order valence-corrected chi connectivity index (χ0v) is 16.7. The highest BCUT2D eigenvalue weighted by Gasteiger charge is 2.18. The van der Waals surface area contributed by atoms with Gasteiger partial charge in [-0.25, -0.2) is 0 Å². The van der Waals surface area contributed by atoms with Gasteiger partial charge in [-0.1, -0.05) is 35.9 Å². The molecule has 0 radical (unpaired) electrons. The van der Waals surface area contributed by atoms with Gasteiger partial charge in [0.15, 0.2) is 17.6 Å². The number of fused-ring (bicyclic) bond motifs is 1. The van der Waals surface area contributed by atoms with Gasteiger partial charge in [0.05, 0.1) is 5.75 Å². The van der Waals surface area contributed by atoms with E-state index >= 15 is 0 Å². The Labute approximate surface area is 168 Å². The molecule has 0 aromatic heterocycles. The predicted octanol–water partition coefficient (Wildman–Crippen LogP) is 3.21. The molecule has 0 bridgehead atoms. The SMILES string of the molecule is Cc1ccc(CSCC(=O)O[C@H](C)C(=O)NCc2ccc3c(c2)OCO3)cc1. The van der Waals surface area contributed by atoms with Gasteiger partial charge < -0.3 is 19.5 Å². The highest BCUT2D eigenvalue weighted by molar-refractivity contribution is 7.99. The molecule has 7 heteroatoms. The molecule has 1 N–H and O–H groups in total. The van der Waals surface area contributed by atoms with Crippen LogP contribution in [0, 0.1) is 6.92 Å². The fraction of sp³-hybridized carbons (Fsp3) is 0.333. The number of carbonyl (C=O) groups is 2. The van der Waals surface area contributed by atoms with Crippen LogP contribution in [-0.2, 0) is 26.6 Å². The number of amides is 1. The average Bonchev–Trinajstić information content (AvgIpc) is 3.15. The number of benzene rings is 2. The molecular weight excluding hydrogens is 378 g/mol. The molecular formula is C21H23NO5S. The summed E-state index contributed by atoms with van der Waals surface area (Å²) in [6, 6.07) is 13.6. The van der Waals surface area contributed by atoms with E-state index in [-0.39, 0.29) is 18.5 Å². The van der Waals surface area contributed by atoms with Gasteiger partial charge in [-0.2, -0.15) is 0 Å². The molecule has 0 saturated carbocycles. The molecule has 148 valence electrons. The maximum atomic E-state index is 12.2. The largest absolute Gasteiger partial charge is 0.454 e. The molecule has 1 amide bonds. The minimum atomic E-state index is -0.846. The van der Waals surface area contributed by atoms with Crippen LogP contribution in [0.5, 0.6) is 11.5 Å². The number of nitrogens with one attached hydrogen (secondary N) is 1. The summed E-state index contributed by atoms with van der Waals surface area (Å²) in [5.41, 5.74) is 3.23. The predicted molar refractivity (Wildman–Crippen MR) is 107 cm³/mol. The van der Waals surface area contributed by atoms with E-state index in [0.717, 1.165) is 16.9 Å². The molecule has 0 fully saturated rings. The van der Waals surface area contributed by atoms with Crippen molar-refractivity contribution in [2.75, 3.05) is 12.5 Å². The minimum Gasteiger partial charge on any atom is -0.454 e. The van der Waals surface area contributed by atoms with E-state index in [1.165, 1.54) is 17.3 Å². The summed E-state index contributed by atoms with van der Waals surface area (Å²) in [4.78, 5) is 24.1. The Balaban J connectivity index is 1.37. The second kappa shape index (κ2) is 9.50. The van der Waals surface area contributed by atoms with E-state index < -0.39 is 12.1 Å². The standard InChI is InChI=1S/C21H23NO5S/c1-14-3-5-16(6-4-14)11-28-12-20(23)27-15(2)21(24)22-10-17-7-8-18-19(9-17)26-13-25-18/h3-9,15H,10-13H2,1-2H3,(H,22,24)/t15-/m1/s1. The molecule has 0 aliphatic carbocycles. The van der Waals surface area contributed by atoms with Crippen molar-refractivity contribution in [2.45, 2.75) is 32.2 Å². The third-order valence-corrected chi connectivity index (χ3v) is 5.17. The lowest BCUT2D eigenvalue weighted by molar-refractivity contribution is -0.152. The Morgan fingerprint density at radius 3 is 2.61 bits per heavy atom. The number of thioether (sulfide) groups is 1. The molecule has 6 nitrogen and oxygen atoms in total. The number of hydrogen-bond acceptors (Lipinski definition) is 6. The topological polar surface area (TPSA) is 73.9 Å². The zero-order valence-electron chi connectivity index (χ0n) is 15.9. The molecule has 2 aromatic rings. The van der Waals surface area contributed by atoms with Crippen molar-refractivity contribution in [1.29, 1.82) is 0 Å². The fourth-order valence-corrected chi connectivity index (χ4v) is 3.37. The van der Waals surface area contributed by atoms with Gasteiger partial charge in [0, 0.05) is 12.3 Å². The first-order valence-electron chi connectivity index (χ1n) is 9.00. The van der Waals surface area contributed by atoms with Gasteiger partial charge >= 0.3 is 5.97 Å². The summed E-state index contributed by atoms with van der Waals surface area (Å²) < 4.78 is 15.8. The summed E-state index contributed by atoms with van der Waals surface area (Å²) >= 11 is 1.46. The molecule has 1 heterocycles. The third-order valence-electron chi connectivity index (χ3n) is 4.19. The van der Waals surface area contributed by atoms with E-state index in [1.807, 2.05) is 43.3 Å². The Hall–Kier alpha value is -2.67. The smallest absolute Gasteiger partial charge is 0.316 e. The Morgan fingerprint density at radius 2 is 1.82 bits per heavy atom. The first kappa shape index (κ1) is 20.1. The fourth-order valence-electron chi connectivity index (χ4n) is 2.61. The van der Waals surface area contributed by atoms with Crippen molar-refractivity contribution in [3.8, 4) is 11.5 Å². The minimum absolute atomic E-state index is 0.202. The number of aryl methyl sites for hydroxylation is 1. The van der Waals surface area contributed by atoms with Crippen LogP contribution in [0.1, 0.15) is 23.6 Å². The number of carbonyl (C=O) groups excluding carboxylic acids is 2. The first-order chi connectivity index (χ1) is 13.5. The summed E-state index contributed by atoms with van der Waals surface area (Å²) in [5.74, 6) is 1.54. The van der Waals surface area contributed by atoms with E-state index in [2.05, 4.69) is 5.32 Å². The molecule has 28 heavy (non-hydrogen) atoms. The van der Waals surface area contributed by atoms with Gasteiger partial charge in [0.2, 0.25) is 6.79 Å². The summed E-state index contributed by atoms with van der Waals surface area (Å²) in [5, 5.41) is 2.76. The Morgan fingerprint density at radius 1 is 1.11 bits per heavy atom. The molecule has 1 atom stereocenters. The van der Waals surface area contributed by atoms with Gasteiger partial charge in [-0.05, 0) is 37.1 Å². The monoisotopic (exact) mass is 401 g/mol. The van der Waals surface area contributed by atoms with Crippen molar-refractivity contribution in [2.24, 2.45) is 0 Å². The lowest BCUT2D eigenvalue weighted by Crippen LogP contribution is -2.35. The third kappa shape index (κ3) is 5.66. The van der Waals surface area contributed by atoms with Crippen molar-refractivity contribution < 1.29 is 23.8 Å². The van der Waals surface area contributed by atoms with Crippen molar-refractivity contribution in [3.05, 3.63) is 59.2 Å². The maximum absolute atomic E-state index is 12.2. The Bertz CT molecular complexity index is 837. The average molecular weight is 401 g/mol. The highest BCUT2D eigenvalue weighted by Crippen LogP contribution is 2.32. The van der Waals surface area contributed by atoms with Crippen molar-refractivity contribution in [3.63, 3.8) is 0 Å². The molecule has 3 rings (SSSR count). The maximum Gasteiger partial charge on any atom is 0.316 e. The molecule has 0 unspecified atom stereocenters. The van der Waals surface area contributed by atoms with Gasteiger partial charge in [0.1, 0.15) is 0 Å². The zero-order chi connectivity index (χ0) is 19.9. The van der Waals surface area contributed by atoms with E-state index in [0.29, 0.717) is 18.0 Å². The van der Waals surface area contributed by atoms with Crippen LogP contribution in [-0.4, -0.2) is 30.5 Å². The van der Waals surface area contributed by atoms with Crippen LogP contribution in [0.25, 0.3) is 0 Å². The number of rotatable bonds is 8. The van der Waals surface area contributed by atoms with E-state index in [4.69, 9.17) is 14.2 Å². The Kier molecular flexibility index (Phi) is 6.81. The van der Waals surface area contributed by atoms with Crippen molar-refractivity contribution >= 4 is 23.6 Å². The molecule has 2 aromatic carbocycles. The number of hydrogen-bond donors (Lipinski definition) is 1. The van der Waals surface area contributed by atoms with Crippen LogP contribution in [0.3, 0.4) is 0 Å². The normalized spacial score (nSPS) is 13.1. The van der Waals surface area contributed by atoms with Crippen LogP contribution in [0.2, 0.25) is 0 Å². The highest BCUT2D eigenvalue weighted by atomic mass is 32.2. The number of esters is 1. The summed E-state index contributed by atoms with van der Waals surface area (Å²) in [7, 11) is 0. The quantitative estimate of drug-likeness (QED) is 0.685. The van der Waals surface area contributed by atoms with Crippen LogP contribution in [0.4, 0.5) is 0 Å². The lowest BCUT2D eigenvalue weighted by atomic mass is 10.2. The van der Waals surface area contributed by atoms with Crippen molar-refractivity contribution in [1.82, 2.24) is 5.32 Å². The molecule has 1 aliphatic heterocycles. The van der Waals surface area contributed by atoms with Gasteiger partial charge in [0.25, 0.3) is 5.91 Å². The van der Waals surface area contributed by atoms with Gasteiger partial charge in [-0.3, -0.25) is 9.59 Å². The first-order valence-corrected chi connectivity index (χ1v) is 10.2. The molecule has 1 aliphatic rings. The van der Waals surface area contributed by atoms with Gasteiger partial charge in [-0.15, -0.1) is 11.8 Å². The summed E-state index contributed by atoms with van der Waals surface area (Å²) in [6.07, 6.45) is -0.846. The number of ether oxygens (including phenoxy) is 3. The second-order valence-electron chi connectivity index (χ2n) is 6.52. The lowest BCUT2D eigenvalue weighted by Gasteiger charge is -2.13. The van der Waals surface area contributed by atoms with Crippen LogP contribution < -0.4 is 14.8 Å². The van der Waals surface area contributed by atoms with E-state index in [9.17, 15) is 9.59 Å². The van der Waals surface area contributed by atoms with Crippen LogP contribution >= 0.6 is 11.8 Å². The molecule has 0 spiro atoms.